The van der Waals surface area contributed by atoms with Crippen molar-refractivity contribution in [2.24, 2.45) is 0 Å². The second-order valence-electron chi connectivity index (χ2n) is 5.65. The van der Waals surface area contributed by atoms with Gasteiger partial charge in [0.05, 0.1) is 0 Å². The average Bonchev–Trinajstić information content (AvgIpc) is 2.63. The van der Waals surface area contributed by atoms with Crippen LogP contribution in [0.25, 0.3) is 6.08 Å². The zero-order valence-electron chi connectivity index (χ0n) is 13.3. The fourth-order valence-electron chi connectivity index (χ4n) is 2.74. The Labute approximate surface area is 141 Å². The van der Waals surface area contributed by atoms with E-state index >= 15 is 0 Å². The molecule has 0 aliphatic carbocycles. The molecule has 2 amide bonds. The van der Waals surface area contributed by atoms with Crippen LogP contribution in [-0.4, -0.2) is 29.4 Å². The summed E-state index contributed by atoms with van der Waals surface area (Å²) in [6.45, 7) is 0.681. The topological polar surface area (TPSA) is 62.3 Å². The molecule has 0 radical (unpaired) electrons. The molecule has 1 N–H and O–H groups in total. The van der Waals surface area contributed by atoms with Gasteiger partial charge >= 0.3 is 0 Å². The van der Waals surface area contributed by atoms with Gasteiger partial charge in [0.15, 0.2) is 0 Å². The van der Waals surface area contributed by atoms with Crippen molar-refractivity contribution in [1.29, 1.82) is 0 Å². The lowest BCUT2D eigenvalue weighted by molar-refractivity contribution is -0.126. The van der Waals surface area contributed by atoms with E-state index in [1.807, 2.05) is 36.4 Å². The number of amides is 2. The van der Waals surface area contributed by atoms with Gasteiger partial charge in [-0.1, -0.05) is 24.3 Å². The summed E-state index contributed by atoms with van der Waals surface area (Å²) in [4.78, 5) is 30.4. The molecular formula is C19H19N3O2. The molecule has 24 heavy (non-hydrogen) atoms. The maximum absolute atomic E-state index is 12.6. The van der Waals surface area contributed by atoms with E-state index < -0.39 is 6.04 Å². The first-order valence-corrected chi connectivity index (χ1v) is 7.99. The predicted octanol–water partition coefficient (Wildman–Crippen LogP) is 2.41. The van der Waals surface area contributed by atoms with Gasteiger partial charge in [-0.15, -0.1) is 0 Å². The molecule has 1 aromatic heterocycles. The third-order valence-corrected chi connectivity index (χ3v) is 3.93. The summed E-state index contributed by atoms with van der Waals surface area (Å²) >= 11 is 0. The van der Waals surface area contributed by atoms with Crippen LogP contribution in [0, 0.1) is 0 Å². The summed E-state index contributed by atoms with van der Waals surface area (Å²) in [5.41, 5.74) is 1.71. The van der Waals surface area contributed by atoms with Crippen LogP contribution in [0.4, 0.5) is 5.69 Å². The maximum Gasteiger partial charge on any atom is 0.249 e. The Bertz CT molecular complexity index is 729. The molecule has 1 aliphatic rings. The van der Waals surface area contributed by atoms with E-state index in [9.17, 15) is 9.59 Å². The highest BCUT2D eigenvalue weighted by Crippen LogP contribution is 2.20. The summed E-state index contributed by atoms with van der Waals surface area (Å²) in [5.74, 6) is -0.331. The third-order valence-electron chi connectivity index (χ3n) is 3.93. The van der Waals surface area contributed by atoms with Gasteiger partial charge in [0.25, 0.3) is 0 Å². The van der Waals surface area contributed by atoms with Crippen molar-refractivity contribution < 1.29 is 9.59 Å². The number of rotatable bonds is 4. The smallest absolute Gasteiger partial charge is 0.249 e. The number of hydrogen-bond donors (Lipinski definition) is 1. The number of nitrogens with one attached hydrogen (secondary N) is 1. The summed E-state index contributed by atoms with van der Waals surface area (Å²) in [6.07, 6.45) is 7.99. The third kappa shape index (κ3) is 3.87. The van der Waals surface area contributed by atoms with Crippen molar-refractivity contribution in [3.8, 4) is 0 Å². The van der Waals surface area contributed by atoms with Crippen LogP contribution in [0.5, 0.6) is 0 Å². The highest BCUT2D eigenvalue weighted by atomic mass is 16.2. The van der Waals surface area contributed by atoms with Crippen LogP contribution in [-0.2, 0) is 9.59 Å². The first-order chi connectivity index (χ1) is 11.7. The Morgan fingerprint density at radius 1 is 1.21 bits per heavy atom. The summed E-state index contributed by atoms with van der Waals surface area (Å²) in [6, 6.07) is 12.7. The number of piperidine rings is 1. The Kier molecular flexibility index (Phi) is 5.01. The largest absolute Gasteiger partial charge is 0.341 e. The first kappa shape index (κ1) is 15.9. The van der Waals surface area contributed by atoms with Gasteiger partial charge in [-0.2, -0.15) is 0 Å². The van der Waals surface area contributed by atoms with E-state index in [-0.39, 0.29) is 11.8 Å². The number of pyridine rings is 1. The van der Waals surface area contributed by atoms with Gasteiger partial charge in [-0.3, -0.25) is 14.6 Å². The minimum atomic E-state index is -0.481. The second-order valence-corrected chi connectivity index (χ2v) is 5.65. The van der Waals surface area contributed by atoms with Gasteiger partial charge in [0.2, 0.25) is 11.8 Å². The SMILES string of the molecule is O=C(/C=C/c1cccnc1)N[C@@H]1CCCN(c2ccccc2)C1=O. The van der Waals surface area contributed by atoms with Crippen molar-refractivity contribution in [2.45, 2.75) is 18.9 Å². The second kappa shape index (κ2) is 7.55. The van der Waals surface area contributed by atoms with Crippen LogP contribution >= 0.6 is 0 Å². The van der Waals surface area contributed by atoms with Crippen LogP contribution in [0.3, 0.4) is 0 Å². The molecular weight excluding hydrogens is 302 g/mol. The number of carbonyl (C=O) groups is 2. The zero-order valence-corrected chi connectivity index (χ0v) is 13.3. The number of nitrogens with zero attached hydrogens (tertiary/aromatic N) is 2. The van der Waals surface area contributed by atoms with Gasteiger partial charge in [-0.05, 0) is 42.7 Å². The lowest BCUT2D eigenvalue weighted by Crippen LogP contribution is -2.52. The zero-order chi connectivity index (χ0) is 16.8. The van der Waals surface area contributed by atoms with Crippen molar-refractivity contribution in [3.63, 3.8) is 0 Å². The molecule has 2 heterocycles. The normalized spacial score (nSPS) is 17.9. The average molecular weight is 321 g/mol. The molecule has 1 aromatic carbocycles. The van der Waals surface area contributed by atoms with E-state index in [0.29, 0.717) is 13.0 Å². The lowest BCUT2D eigenvalue weighted by Gasteiger charge is -2.32. The Balaban J connectivity index is 1.63. The molecule has 0 spiro atoms. The molecule has 0 bridgehead atoms. The van der Waals surface area contributed by atoms with Crippen molar-refractivity contribution in [3.05, 3.63) is 66.5 Å². The quantitative estimate of drug-likeness (QED) is 0.880. The fourth-order valence-corrected chi connectivity index (χ4v) is 2.74. The predicted molar refractivity (Wildman–Crippen MR) is 93.2 cm³/mol. The van der Waals surface area contributed by atoms with E-state index in [0.717, 1.165) is 17.7 Å². The lowest BCUT2D eigenvalue weighted by atomic mass is 10.0. The van der Waals surface area contributed by atoms with Crippen molar-refractivity contribution in [2.75, 3.05) is 11.4 Å². The van der Waals surface area contributed by atoms with Gasteiger partial charge in [-0.25, -0.2) is 0 Å². The van der Waals surface area contributed by atoms with Gasteiger partial charge in [0.1, 0.15) is 6.04 Å². The summed E-state index contributed by atoms with van der Waals surface area (Å²) in [5, 5.41) is 2.80. The molecule has 122 valence electrons. The number of hydrogen-bond acceptors (Lipinski definition) is 3. The van der Waals surface area contributed by atoms with E-state index in [2.05, 4.69) is 10.3 Å². The molecule has 1 saturated heterocycles. The molecule has 1 atom stereocenters. The van der Waals surface area contributed by atoms with Crippen LogP contribution in [0.15, 0.2) is 60.9 Å². The number of aromatic nitrogens is 1. The summed E-state index contributed by atoms with van der Waals surface area (Å²) < 4.78 is 0. The maximum atomic E-state index is 12.6. The van der Waals surface area contributed by atoms with E-state index in [1.54, 1.807) is 29.4 Å². The van der Waals surface area contributed by atoms with Gasteiger partial charge in [0, 0.05) is 30.7 Å². The minimum Gasteiger partial charge on any atom is -0.341 e. The minimum absolute atomic E-state index is 0.0597. The summed E-state index contributed by atoms with van der Waals surface area (Å²) in [7, 11) is 0. The van der Waals surface area contributed by atoms with E-state index in [4.69, 9.17) is 0 Å². The number of anilines is 1. The molecule has 5 heteroatoms. The molecule has 0 saturated carbocycles. The molecule has 2 aromatic rings. The van der Waals surface area contributed by atoms with Crippen molar-refractivity contribution >= 4 is 23.6 Å². The molecule has 5 nitrogen and oxygen atoms in total. The van der Waals surface area contributed by atoms with Crippen LogP contribution < -0.4 is 10.2 Å². The number of benzene rings is 1. The Hall–Kier alpha value is -2.95. The Morgan fingerprint density at radius 3 is 2.79 bits per heavy atom. The fraction of sp³-hybridized carbons (Fsp3) is 0.211. The monoisotopic (exact) mass is 321 g/mol. The van der Waals surface area contributed by atoms with Crippen LogP contribution in [0.2, 0.25) is 0 Å². The number of para-hydroxylation sites is 1. The Morgan fingerprint density at radius 2 is 2.04 bits per heavy atom. The standard InChI is InChI=1S/C19H19N3O2/c23-18(11-10-15-6-4-12-20-14-15)21-17-9-5-13-22(19(17)24)16-7-2-1-3-8-16/h1-4,6-8,10-12,14,17H,5,9,13H2,(H,21,23)/b11-10+/t17-/m1/s1. The highest BCUT2D eigenvalue weighted by Gasteiger charge is 2.30. The molecule has 3 rings (SSSR count). The molecule has 1 fully saturated rings. The highest BCUT2D eigenvalue weighted by molar-refractivity contribution is 6.01. The van der Waals surface area contributed by atoms with Gasteiger partial charge < -0.3 is 10.2 Å². The van der Waals surface area contributed by atoms with Crippen molar-refractivity contribution in [1.82, 2.24) is 10.3 Å². The van der Waals surface area contributed by atoms with Crippen LogP contribution in [0.1, 0.15) is 18.4 Å². The number of carbonyl (C=O) groups excluding carboxylic acids is 2. The molecule has 1 aliphatic heterocycles. The first-order valence-electron chi connectivity index (χ1n) is 7.99. The van der Waals surface area contributed by atoms with E-state index in [1.165, 1.54) is 6.08 Å². The molecule has 0 unspecified atom stereocenters.